The van der Waals surface area contributed by atoms with E-state index >= 15 is 0 Å². The lowest BCUT2D eigenvalue weighted by molar-refractivity contribution is -0.141. The predicted octanol–water partition coefficient (Wildman–Crippen LogP) is 3.04. The van der Waals surface area contributed by atoms with Gasteiger partial charge in [0.15, 0.2) is 0 Å². The van der Waals surface area contributed by atoms with Crippen LogP contribution in [0.5, 0.6) is 0 Å². The number of ether oxygens (including phenoxy) is 1. The van der Waals surface area contributed by atoms with Crippen LogP contribution < -0.4 is 5.84 Å². The first-order valence-corrected chi connectivity index (χ1v) is 5.93. The minimum Gasteiger partial charge on any atom is -0.459 e. The monoisotopic (exact) mass is 328 g/mol. The highest BCUT2D eigenvalue weighted by Gasteiger charge is 2.32. The van der Waals surface area contributed by atoms with Crippen molar-refractivity contribution in [1.82, 2.24) is 0 Å². The summed E-state index contributed by atoms with van der Waals surface area (Å²) in [5.41, 5.74) is -0.920. The van der Waals surface area contributed by atoms with Crippen LogP contribution >= 0.6 is 23.2 Å². The fraction of sp³-hybridized carbons (Fsp3) is 0.273. The summed E-state index contributed by atoms with van der Waals surface area (Å²) in [6.07, 6.45) is -3.77. The molecule has 0 amide bonds. The van der Waals surface area contributed by atoms with Gasteiger partial charge < -0.3 is 10.6 Å². The normalized spacial score (nSPS) is 11.8. The summed E-state index contributed by atoms with van der Waals surface area (Å²) in [5, 5.41) is 2.60. The number of hydrazone groups is 1. The second-order valence-electron chi connectivity index (χ2n) is 3.61. The molecule has 20 heavy (non-hydrogen) atoms. The Morgan fingerprint density at radius 2 is 1.90 bits per heavy atom. The Hall–Kier alpha value is -1.47. The van der Waals surface area contributed by atoms with E-state index in [0.29, 0.717) is 12.1 Å². The summed E-state index contributed by atoms with van der Waals surface area (Å²) >= 11 is 11.4. The van der Waals surface area contributed by atoms with Crippen LogP contribution in [0.2, 0.25) is 10.0 Å². The van der Waals surface area contributed by atoms with Crippen LogP contribution in [0.15, 0.2) is 17.2 Å². The first kappa shape index (κ1) is 16.6. The third-order valence-corrected chi connectivity index (χ3v) is 2.89. The zero-order valence-corrected chi connectivity index (χ0v) is 11.4. The molecule has 0 aliphatic heterocycles. The van der Waals surface area contributed by atoms with Gasteiger partial charge in [-0.2, -0.15) is 18.3 Å². The van der Waals surface area contributed by atoms with Crippen molar-refractivity contribution in [3.05, 3.63) is 33.3 Å². The Kier molecular flexibility index (Phi) is 5.64. The molecule has 0 atom stereocenters. The zero-order valence-electron chi connectivity index (χ0n) is 9.88. The van der Waals surface area contributed by atoms with Gasteiger partial charge in [-0.05, 0) is 12.1 Å². The lowest BCUT2D eigenvalue weighted by Crippen LogP contribution is -2.12. The summed E-state index contributed by atoms with van der Waals surface area (Å²) in [6, 6.07) is 1.41. The summed E-state index contributed by atoms with van der Waals surface area (Å²) in [7, 11) is 0. The Balaban J connectivity index is 2.89. The highest BCUT2D eigenvalue weighted by molar-refractivity contribution is 6.36. The van der Waals surface area contributed by atoms with E-state index in [1.807, 2.05) is 0 Å². The molecule has 2 N–H and O–H groups in total. The van der Waals surface area contributed by atoms with Gasteiger partial charge in [0.1, 0.15) is 6.61 Å². The predicted molar refractivity (Wildman–Crippen MR) is 68.8 cm³/mol. The van der Waals surface area contributed by atoms with Crippen molar-refractivity contribution in [2.75, 3.05) is 6.61 Å². The Morgan fingerprint density at radius 3 is 2.35 bits per heavy atom. The van der Waals surface area contributed by atoms with Gasteiger partial charge in [0.05, 0.1) is 18.2 Å². The second kappa shape index (κ2) is 6.81. The van der Waals surface area contributed by atoms with E-state index in [4.69, 9.17) is 29.0 Å². The number of rotatable bonds is 4. The number of hydrogen-bond acceptors (Lipinski definition) is 4. The van der Waals surface area contributed by atoms with E-state index in [1.165, 1.54) is 0 Å². The van der Waals surface area contributed by atoms with Gasteiger partial charge in [0, 0.05) is 15.6 Å². The molecule has 0 radical (unpaired) electrons. The highest BCUT2D eigenvalue weighted by Crippen LogP contribution is 2.36. The SMILES string of the molecule is NN=CCOC(=O)Cc1c(Cl)cc(C(F)(F)F)cc1Cl. The maximum Gasteiger partial charge on any atom is 0.416 e. The Morgan fingerprint density at radius 1 is 1.35 bits per heavy atom. The average Bonchev–Trinajstić information content (AvgIpc) is 2.32. The van der Waals surface area contributed by atoms with E-state index in [1.54, 1.807) is 0 Å². The van der Waals surface area contributed by atoms with E-state index < -0.39 is 17.7 Å². The van der Waals surface area contributed by atoms with Crippen molar-refractivity contribution < 1.29 is 22.7 Å². The average molecular weight is 329 g/mol. The van der Waals surface area contributed by atoms with Crippen molar-refractivity contribution >= 4 is 35.4 Å². The smallest absolute Gasteiger partial charge is 0.416 e. The van der Waals surface area contributed by atoms with Gasteiger partial charge >= 0.3 is 12.1 Å². The van der Waals surface area contributed by atoms with Gasteiger partial charge in [0.25, 0.3) is 0 Å². The highest BCUT2D eigenvalue weighted by atomic mass is 35.5. The van der Waals surface area contributed by atoms with Gasteiger partial charge in [-0.15, -0.1) is 0 Å². The molecule has 110 valence electrons. The molecule has 0 aliphatic carbocycles. The number of alkyl halides is 3. The number of nitrogens with zero attached hydrogens (tertiary/aromatic N) is 1. The molecule has 0 bridgehead atoms. The number of carbonyl (C=O) groups excluding carboxylic acids is 1. The second-order valence-corrected chi connectivity index (χ2v) is 4.42. The number of hydrogen-bond donors (Lipinski definition) is 1. The molecule has 0 spiro atoms. The van der Waals surface area contributed by atoms with Crippen LogP contribution in [0.3, 0.4) is 0 Å². The van der Waals surface area contributed by atoms with Gasteiger partial charge in [-0.3, -0.25) is 4.79 Å². The Labute approximate surface area is 122 Å². The molecule has 0 saturated carbocycles. The molecular formula is C11H9Cl2F3N2O2. The fourth-order valence-corrected chi connectivity index (χ4v) is 1.92. The molecule has 0 aliphatic rings. The third-order valence-electron chi connectivity index (χ3n) is 2.21. The maximum absolute atomic E-state index is 12.5. The summed E-state index contributed by atoms with van der Waals surface area (Å²) in [4.78, 5) is 11.4. The van der Waals surface area contributed by atoms with E-state index in [2.05, 4.69) is 9.84 Å². The minimum atomic E-state index is -4.57. The fourth-order valence-electron chi connectivity index (χ4n) is 1.30. The van der Waals surface area contributed by atoms with Crippen molar-refractivity contribution in [3.8, 4) is 0 Å². The van der Waals surface area contributed by atoms with Crippen LogP contribution in [0.4, 0.5) is 13.2 Å². The summed E-state index contributed by atoms with van der Waals surface area (Å²) in [6.45, 7) is -0.148. The van der Waals surface area contributed by atoms with E-state index in [9.17, 15) is 18.0 Å². The number of halogens is 5. The van der Waals surface area contributed by atoms with Gasteiger partial charge in [-0.25, -0.2) is 0 Å². The molecule has 0 saturated heterocycles. The van der Waals surface area contributed by atoms with Crippen LogP contribution in [0.25, 0.3) is 0 Å². The topological polar surface area (TPSA) is 64.7 Å². The number of benzene rings is 1. The van der Waals surface area contributed by atoms with E-state index in [-0.39, 0.29) is 28.6 Å². The van der Waals surface area contributed by atoms with Crippen LogP contribution in [0, 0.1) is 0 Å². The lowest BCUT2D eigenvalue weighted by Gasteiger charge is -2.11. The molecule has 1 aromatic rings. The number of nitrogens with two attached hydrogens (primary N) is 1. The molecule has 9 heteroatoms. The molecule has 0 aromatic heterocycles. The minimum absolute atomic E-state index is 0.0658. The van der Waals surface area contributed by atoms with Crippen molar-refractivity contribution in [1.29, 1.82) is 0 Å². The first-order valence-electron chi connectivity index (χ1n) is 5.18. The van der Waals surface area contributed by atoms with Crippen molar-refractivity contribution in [2.24, 2.45) is 10.9 Å². The van der Waals surface area contributed by atoms with E-state index in [0.717, 1.165) is 6.21 Å². The van der Waals surface area contributed by atoms with Crippen molar-refractivity contribution in [2.45, 2.75) is 12.6 Å². The van der Waals surface area contributed by atoms with Gasteiger partial charge in [-0.1, -0.05) is 23.2 Å². The first-order chi connectivity index (χ1) is 9.25. The molecule has 1 rings (SSSR count). The third kappa shape index (κ3) is 4.57. The van der Waals surface area contributed by atoms with Crippen LogP contribution in [0.1, 0.15) is 11.1 Å². The number of esters is 1. The molecule has 0 unspecified atom stereocenters. The maximum atomic E-state index is 12.5. The largest absolute Gasteiger partial charge is 0.459 e. The lowest BCUT2D eigenvalue weighted by atomic mass is 10.1. The van der Waals surface area contributed by atoms with Crippen LogP contribution in [-0.2, 0) is 22.1 Å². The summed E-state index contributed by atoms with van der Waals surface area (Å²) < 4.78 is 42.2. The quantitative estimate of drug-likeness (QED) is 0.400. The van der Waals surface area contributed by atoms with Crippen molar-refractivity contribution in [3.63, 3.8) is 0 Å². The molecule has 0 heterocycles. The van der Waals surface area contributed by atoms with Crippen LogP contribution in [-0.4, -0.2) is 18.8 Å². The standard InChI is InChI=1S/C11H9Cl2F3N2O2/c12-8-3-6(11(14,15)16)4-9(13)7(8)5-10(19)20-2-1-18-17/h1,3-4H,2,5,17H2. The molecule has 0 fully saturated rings. The molecule has 1 aromatic carbocycles. The number of carbonyl (C=O) groups is 1. The summed E-state index contributed by atoms with van der Waals surface area (Å²) in [5.74, 6) is 4.09. The molecular weight excluding hydrogens is 320 g/mol. The zero-order chi connectivity index (χ0) is 15.3. The molecule has 4 nitrogen and oxygen atoms in total. The Bertz CT molecular complexity index is 510. The van der Waals surface area contributed by atoms with Gasteiger partial charge in [0.2, 0.25) is 0 Å².